The average Bonchev–Trinajstić information content (AvgIpc) is 1.78. The molecule has 0 unspecified atom stereocenters. The molecule has 0 aliphatic carbocycles. The van der Waals surface area contributed by atoms with E-state index < -0.39 is 3.79 Å². The molecule has 0 aromatic carbocycles. The van der Waals surface area contributed by atoms with Crippen molar-refractivity contribution in [2.24, 2.45) is 0 Å². The second-order valence-electron chi connectivity index (χ2n) is 2.18. The first-order valence-electron chi connectivity index (χ1n) is 3.27. The summed E-state index contributed by atoms with van der Waals surface area (Å²) in [5.74, 6) is 0. The molecule has 4 heteroatoms. The zero-order chi connectivity index (χ0) is 8.04. The van der Waals surface area contributed by atoms with Gasteiger partial charge in [0.15, 0.2) is 0 Å². The maximum absolute atomic E-state index is 5.54. The Morgan fingerprint density at radius 1 is 1.00 bits per heavy atom. The third kappa shape index (κ3) is 9.41. The summed E-state index contributed by atoms with van der Waals surface area (Å²) < 4.78 is -1.03. The Morgan fingerprint density at radius 3 is 2.00 bits per heavy atom. The van der Waals surface area contributed by atoms with Crippen LogP contribution in [0, 0.1) is 0 Å². The molecule has 0 atom stereocenters. The molecule has 3 radical (unpaired) electrons. The van der Waals surface area contributed by atoms with Crippen LogP contribution in [-0.4, -0.2) is 20.3 Å². The van der Waals surface area contributed by atoms with Crippen LogP contribution in [0.4, 0.5) is 0 Å². The predicted molar refractivity (Wildman–Crippen MR) is 49.3 cm³/mol. The number of unbranched alkanes of at least 4 members (excludes halogenated alkanes) is 2. The van der Waals surface area contributed by atoms with Crippen LogP contribution in [0.15, 0.2) is 0 Å². The van der Waals surface area contributed by atoms with Gasteiger partial charge >= 0.3 is 86.0 Å². The molecular formula is C6H10Cl3Ge. The van der Waals surface area contributed by atoms with Crippen LogP contribution in [0.1, 0.15) is 25.7 Å². The van der Waals surface area contributed by atoms with E-state index in [1.807, 2.05) is 0 Å². The average molecular weight is 261 g/mol. The molecule has 0 aromatic heterocycles. The van der Waals surface area contributed by atoms with E-state index in [4.69, 9.17) is 34.8 Å². The number of rotatable bonds is 4. The summed E-state index contributed by atoms with van der Waals surface area (Å²) in [7, 11) is 0. The Labute approximate surface area is 85.8 Å². The van der Waals surface area contributed by atoms with Crippen LogP contribution in [-0.2, 0) is 0 Å². The van der Waals surface area contributed by atoms with Crippen molar-refractivity contribution in [2.45, 2.75) is 34.7 Å². The monoisotopic (exact) mass is 261 g/mol. The minimum absolute atomic E-state index is 0.678. The molecule has 0 fully saturated rings. The van der Waals surface area contributed by atoms with Gasteiger partial charge in [0.05, 0.1) is 0 Å². The molecule has 0 saturated carbocycles. The molecule has 0 amide bonds. The molecule has 0 aliphatic rings. The van der Waals surface area contributed by atoms with Crippen molar-refractivity contribution >= 4 is 51.3 Å². The van der Waals surface area contributed by atoms with Gasteiger partial charge in [-0.25, -0.2) is 0 Å². The first-order valence-corrected chi connectivity index (χ1v) is 5.89. The van der Waals surface area contributed by atoms with Gasteiger partial charge in [-0.1, -0.05) is 0 Å². The van der Waals surface area contributed by atoms with Crippen LogP contribution >= 0.6 is 34.8 Å². The summed E-state index contributed by atoms with van der Waals surface area (Å²) in [5, 5.41) is 1.22. The third-order valence-corrected chi connectivity index (χ3v) is 2.45. The Morgan fingerprint density at radius 2 is 1.60 bits per heavy atom. The molecule has 59 valence electrons. The molecular weight excluding hydrogens is 251 g/mol. The van der Waals surface area contributed by atoms with Gasteiger partial charge < -0.3 is 0 Å². The van der Waals surface area contributed by atoms with Crippen molar-refractivity contribution in [2.75, 3.05) is 0 Å². The number of hydrogen-bond acceptors (Lipinski definition) is 0. The van der Waals surface area contributed by atoms with E-state index in [1.165, 1.54) is 18.1 Å². The third-order valence-electron chi connectivity index (χ3n) is 1.14. The Bertz CT molecular complexity index is 79.6. The van der Waals surface area contributed by atoms with Crippen LogP contribution in [0.3, 0.4) is 0 Å². The quantitative estimate of drug-likeness (QED) is 0.412. The molecule has 0 N–H and O–H groups in total. The van der Waals surface area contributed by atoms with Crippen LogP contribution in [0.2, 0.25) is 5.25 Å². The first-order chi connectivity index (χ1) is 4.56. The zero-order valence-electron chi connectivity index (χ0n) is 5.67. The van der Waals surface area contributed by atoms with Crippen molar-refractivity contribution in [3.05, 3.63) is 0 Å². The van der Waals surface area contributed by atoms with Crippen LogP contribution in [0.5, 0.6) is 0 Å². The van der Waals surface area contributed by atoms with E-state index in [9.17, 15) is 0 Å². The molecule has 0 aromatic rings. The van der Waals surface area contributed by atoms with Gasteiger partial charge in [-0.15, -0.1) is 0 Å². The second-order valence-corrected chi connectivity index (χ2v) is 5.74. The Balaban J connectivity index is 3.04. The van der Waals surface area contributed by atoms with Crippen molar-refractivity contribution in [1.82, 2.24) is 0 Å². The zero-order valence-corrected chi connectivity index (χ0v) is 10.0. The number of alkyl halides is 3. The normalized spacial score (nSPS) is 12.0. The number of halogens is 3. The molecule has 10 heavy (non-hydrogen) atoms. The molecule has 0 bridgehead atoms. The summed E-state index contributed by atoms with van der Waals surface area (Å²) in [6.07, 6.45) is 4.10. The second kappa shape index (κ2) is 5.99. The fraction of sp³-hybridized carbons (Fsp3) is 1.00. The van der Waals surface area contributed by atoms with Crippen molar-refractivity contribution in [1.29, 1.82) is 0 Å². The molecule has 0 nitrogen and oxygen atoms in total. The van der Waals surface area contributed by atoms with Gasteiger partial charge in [-0.05, 0) is 0 Å². The van der Waals surface area contributed by atoms with Crippen molar-refractivity contribution in [3.8, 4) is 0 Å². The van der Waals surface area contributed by atoms with E-state index in [1.54, 1.807) is 0 Å². The standard InChI is InChI=1S/C6H10Cl3Ge/c7-6(8,9)4-2-1-3-5-10/h1-5H2. The van der Waals surface area contributed by atoms with Crippen molar-refractivity contribution in [3.63, 3.8) is 0 Å². The van der Waals surface area contributed by atoms with Gasteiger partial charge in [0.25, 0.3) is 0 Å². The summed E-state index contributed by atoms with van der Waals surface area (Å²) >= 11 is 18.8. The first kappa shape index (κ1) is 11.4. The van der Waals surface area contributed by atoms with Gasteiger partial charge in [0.1, 0.15) is 0 Å². The van der Waals surface area contributed by atoms with Crippen LogP contribution in [0.25, 0.3) is 0 Å². The summed E-state index contributed by atoms with van der Waals surface area (Å²) in [4.78, 5) is 0. The fourth-order valence-electron chi connectivity index (χ4n) is 0.627. The summed E-state index contributed by atoms with van der Waals surface area (Å²) in [5.41, 5.74) is 0. The Hall–Kier alpha value is 1.41. The molecule has 0 aliphatic heterocycles. The van der Waals surface area contributed by atoms with E-state index in [-0.39, 0.29) is 0 Å². The fourth-order valence-corrected chi connectivity index (χ4v) is 1.55. The molecule has 0 rings (SSSR count). The topological polar surface area (TPSA) is 0 Å². The molecule has 0 heterocycles. The maximum atomic E-state index is 5.54. The van der Waals surface area contributed by atoms with Gasteiger partial charge in [0.2, 0.25) is 0 Å². The van der Waals surface area contributed by atoms with Gasteiger partial charge in [-0.3, -0.25) is 0 Å². The van der Waals surface area contributed by atoms with Gasteiger partial charge in [-0.2, -0.15) is 0 Å². The molecule has 0 spiro atoms. The van der Waals surface area contributed by atoms with Crippen LogP contribution < -0.4 is 0 Å². The minimum atomic E-state index is -1.03. The van der Waals surface area contributed by atoms with E-state index in [0.29, 0.717) is 6.42 Å². The molecule has 0 saturated heterocycles. The number of hydrogen-bond donors (Lipinski definition) is 0. The van der Waals surface area contributed by atoms with E-state index in [2.05, 4.69) is 16.5 Å². The summed E-state index contributed by atoms with van der Waals surface area (Å²) in [6, 6.07) is 0. The summed E-state index contributed by atoms with van der Waals surface area (Å²) in [6.45, 7) is 0. The predicted octanol–water partition coefficient (Wildman–Crippen LogP) is 3.50. The van der Waals surface area contributed by atoms with Crippen molar-refractivity contribution < 1.29 is 0 Å². The Kier molecular flexibility index (Phi) is 6.83. The SMILES string of the molecule is ClC(Cl)(Cl)CCCC[CH2][Ge]. The van der Waals surface area contributed by atoms with E-state index >= 15 is 0 Å². The van der Waals surface area contributed by atoms with E-state index in [0.717, 1.165) is 6.42 Å². The van der Waals surface area contributed by atoms with Gasteiger partial charge in [0, 0.05) is 0 Å².